The molecule has 0 spiro atoms. The molecule has 0 saturated carbocycles. The lowest BCUT2D eigenvalue weighted by Gasteiger charge is -2.02. The topological polar surface area (TPSA) is 52.0 Å². The minimum absolute atomic E-state index is 0.119. The van der Waals surface area contributed by atoms with Gasteiger partial charge in [0.2, 0.25) is 0 Å². The van der Waals surface area contributed by atoms with Crippen molar-refractivity contribution in [1.29, 1.82) is 0 Å². The van der Waals surface area contributed by atoms with E-state index >= 15 is 0 Å². The highest BCUT2D eigenvalue weighted by atomic mass is 16.2. The smallest absolute Gasteiger partial charge is 0.178 e. The second-order valence-electron chi connectivity index (χ2n) is 4.34. The van der Waals surface area contributed by atoms with Gasteiger partial charge in [-0.1, -0.05) is 24.3 Å². The highest BCUT2D eigenvalue weighted by Crippen LogP contribution is 2.33. The van der Waals surface area contributed by atoms with Crippen LogP contribution in [0.15, 0.2) is 36.7 Å². The Kier molecular flexibility index (Phi) is 2.37. The minimum Gasteiger partial charge on any atom is -0.293 e. The zero-order valence-corrected chi connectivity index (χ0v) is 9.96. The van der Waals surface area contributed by atoms with E-state index in [9.17, 15) is 9.59 Å². The van der Waals surface area contributed by atoms with E-state index in [2.05, 4.69) is 5.10 Å². The summed E-state index contributed by atoms with van der Waals surface area (Å²) in [4.78, 5) is 24.5. The van der Waals surface area contributed by atoms with Gasteiger partial charge in [0, 0.05) is 29.4 Å². The molecule has 0 aliphatic heterocycles. The largest absolute Gasteiger partial charge is 0.293 e. The third-order valence-corrected chi connectivity index (χ3v) is 3.29. The summed E-state index contributed by atoms with van der Waals surface area (Å²) in [5.74, 6) is -0.944. The van der Waals surface area contributed by atoms with Gasteiger partial charge < -0.3 is 0 Å². The van der Waals surface area contributed by atoms with Gasteiger partial charge in [0.05, 0.1) is 6.20 Å². The number of fused-ring (bicyclic) bond motifs is 1. The molecule has 1 aromatic carbocycles. The number of carbonyl (C=O) groups is 2. The quantitative estimate of drug-likeness (QED) is 0.755. The number of benzene rings is 1. The van der Waals surface area contributed by atoms with Crippen molar-refractivity contribution in [2.24, 2.45) is 0 Å². The molecule has 4 heteroatoms. The van der Waals surface area contributed by atoms with Crippen molar-refractivity contribution < 1.29 is 9.59 Å². The summed E-state index contributed by atoms with van der Waals surface area (Å²) < 4.78 is 1.72. The fraction of sp³-hybridized carbons (Fsp3) is 0.214. The van der Waals surface area contributed by atoms with Gasteiger partial charge in [-0.25, -0.2) is 0 Å². The first-order chi connectivity index (χ1) is 8.72. The monoisotopic (exact) mass is 240 g/mol. The molecule has 1 aliphatic carbocycles. The van der Waals surface area contributed by atoms with Crippen molar-refractivity contribution in [2.45, 2.75) is 19.4 Å². The van der Waals surface area contributed by atoms with Gasteiger partial charge in [-0.2, -0.15) is 5.10 Å². The molecule has 0 radical (unpaired) electrons. The summed E-state index contributed by atoms with van der Waals surface area (Å²) in [6.07, 6.45) is 3.38. The molecule has 0 amide bonds. The van der Waals surface area contributed by atoms with Gasteiger partial charge in [0.25, 0.3) is 0 Å². The molecular formula is C14H12N2O2. The van der Waals surface area contributed by atoms with E-state index in [0.29, 0.717) is 16.7 Å². The molecule has 0 N–H and O–H groups in total. The summed E-state index contributed by atoms with van der Waals surface area (Å²) in [5.41, 5.74) is 1.73. The number of nitrogens with zero attached hydrogens (tertiary/aromatic N) is 2. The molecule has 1 aromatic heterocycles. The van der Waals surface area contributed by atoms with Crippen LogP contribution in [0.3, 0.4) is 0 Å². The highest BCUT2D eigenvalue weighted by molar-refractivity contribution is 6.29. The van der Waals surface area contributed by atoms with Crippen LogP contribution >= 0.6 is 0 Å². The predicted molar refractivity (Wildman–Crippen MR) is 65.7 cm³/mol. The summed E-state index contributed by atoms with van der Waals surface area (Å²) in [7, 11) is 0. The fourth-order valence-electron chi connectivity index (χ4n) is 2.35. The molecule has 0 saturated heterocycles. The molecule has 0 atom stereocenters. The van der Waals surface area contributed by atoms with Crippen molar-refractivity contribution >= 4 is 11.6 Å². The van der Waals surface area contributed by atoms with Gasteiger partial charge in [-0.05, 0) is 6.92 Å². The van der Waals surface area contributed by atoms with Crippen LogP contribution in [0.5, 0.6) is 0 Å². The van der Waals surface area contributed by atoms with Crippen LogP contribution in [0.2, 0.25) is 0 Å². The third kappa shape index (κ3) is 1.42. The Morgan fingerprint density at radius 2 is 1.78 bits per heavy atom. The van der Waals surface area contributed by atoms with Crippen molar-refractivity contribution in [1.82, 2.24) is 9.78 Å². The van der Waals surface area contributed by atoms with Crippen LogP contribution < -0.4 is 0 Å². The Labute approximate surface area is 104 Å². The minimum atomic E-state index is -0.706. The van der Waals surface area contributed by atoms with E-state index in [-0.39, 0.29) is 11.6 Å². The Bertz CT molecular complexity index is 608. The molecule has 18 heavy (non-hydrogen) atoms. The lowest BCUT2D eigenvalue weighted by atomic mass is 9.97. The Morgan fingerprint density at radius 1 is 1.17 bits per heavy atom. The fourth-order valence-corrected chi connectivity index (χ4v) is 2.35. The van der Waals surface area contributed by atoms with E-state index in [1.807, 2.05) is 6.92 Å². The molecule has 2 aromatic rings. The van der Waals surface area contributed by atoms with Crippen LogP contribution in [0, 0.1) is 0 Å². The van der Waals surface area contributed by atoms with Crippen molar-refractivity contribution in [2.75, 3.05) is 0 Å². The van der Waals surface area contributed by atoms with E-state index in [0.717, 1.165) is 6.54 Å². The average Bonchev–Trinajstić information content (AvgIpc) is 2.95. The zero-order chi connectivity index (χ0) is 12.7. The highest BCUT2D eigenvalue weighted by Gasteiger charge is 2.39. The second-order valence-corrected chi connectivity index (χ2v) is 4.34. The third-order valence-electron chi connectivity index (χ3n) is 3.29. The number of aromatic nitrogens is 2. The molecule has 0 fully saturated rings. The first-order valence-electron chi connectivity index (χ1n) is 5.92. The van der Waals surface area contributed by atoms with Crippen LogP contribution in [0.25, 0.3) is 0 Å². The number of ketones is 2. The van der Waals surface area contributed by atoms with Gasteiger partial charge in [-0.15, -0.1) is 0 Å². The number of rotatable bonds is 2. The molecule has 1 heterocycles. The summed E-state index contributed by atoms with van der Waals surface area (Å²) >= 11 is 0. The zero-order valence-electron chi connectivity index (χ0n) is 9.96. The van der Waals surface area contributed by atoms with E-state index in [4.69, 9.17) is 0 Å². The van der Waals surface area contributed by atoms with Crippen LogP contribution in [-0.4, -0.2) is 21.3 Å². The number of hydrogen-bond acceptors (Lipinski definition) is 3. The molecule has 3 rings (SSSR count). The summed E-state index contributed by atoms with van der Waals surface area (Å²) in [5, 5.41) is 4.12. The first kappa shape index (κ1) is 10.9. The maximum absolute atomic E-state index is 12.2. The Morgan fingerprint density at radius 3 is 2.28 bits per heavy atom. The number of hydrogen-bond donors (Lipinski definition) is 0. The number of aryl methyl sites for hydroxylation is 1. The number of Topliss-reactive ketones (excluding diaryl/α,β-unsaturated/α-hetero) is 2. The van der Waals surface area contributed by atoms with Gasteiger partial charge >= 0.3 is 0 Å². The maximum atomic E-state index is 12.2. The van der Waals surface area contributed by atoms with E-state index < -0.39 is 5.92 Å². The Hall–Kier alpha value is -2.23. The molecule has 0 bridgehead atoms. The molecule has 0 unspecified atom stereocenters. The van der Waals surface area contributed by atoms with Crippen LogP contribution in [0.4, 0.5) is 0 Å². The first-order valence-corrected chi connectivity index (χ1v) is 5.92. The van der Waals surface area contributed by atoms with Gasteiger partial charge in [0.1, 0.15) is 5.92 Å². The maximum Gasteiger partial charge on any atom is 0.178 e. The standard InChI is InChI=1S/C14H12N2O2/c1-2-16-8-9(7-15-16)12-13(17)10-5-3-4-6-11(10)14(12)18/h3-8,12H,2H2,1H3. The van der Waals surface area contributed by atoms with Crippen LogP contribution in [-0.2, 0) is 6.54 Å². The molecular weight excluding hydrogens is 228 g/mol. The second kappa shape index (κ2) is 3.91. The Balaban J connectivity index is 2.06. The summed E-state index contributed by atoms with van der Waals surface area (Å²) in [6, 6.07) is 6.98. The van der Waals surface area contributed by atoms with Gasteiger partial charge in [0.15, 0.2) is 11.6 Å². The lowest BCUT2D eigenvalue weighted by Crippen LogP contribution is -2.12. The van der Waals surface area contributed by atoms with E-state index in [1.165, 1.54) is 0 Å². The average molecular weight is 240 g/mol. The van der Waals surface area contributed by atoms with E-state index in [1.54, 1.807) is 41.3 Å². The van der Waals surface area contributed by atoms with Crippen molar-refractivity contribution in [3.8, 4) is 0 Å². The van der Waals surface area contributed by atoms with Crippen molar-refractivity contribution in [3.05, 3.63) is 53.3 Å². The molecule has 1 aliphatic rings. The predicted octanol–water partition coefficient (Wildman–Crippen LogP) is 2.07. The lowest BCUT2D eigenvalue weighted by molar-refractivity contribution is 0.0890. The number of carbonyl (C=O) groups excluding carboxylic acids is 2. The molecule has 90 valence electrons. The summed E-state index contributed by atoms with van der Waals surface area (Å²) in [6.45, 7) is 2.69. The molecule has 4 nitrogen and oxygen atoms in total. The van der Waals surface area contributed by atoms with Gasteiger partial charge in [-0.3, -0.25) is 14.3 Å². The van der Waals surface area contributed by atoms with Crippen molar-refractivity contribution in [3.63, 3.8) is 0 Å². The normalized spacial score (nSPS) is 15.2. The van der Waals surface area contributed by atoms with Crippen LogP contribution in [0.1, 0.15) is 39.1 Å². The SMILES string of the molecule is CCn1cc(C2C(=O)c3ccccc3C2=O)cn1.